The second-order valence-electron chi connectivity index (χ2n) is 8.27. The number of halogens is 1. The number of piperazine rings is 1. The third kappa shape index (κ3) is 4.44. The SMILES string of the molecule is C[C@H](C[C@@H]1CCN1C)N1CCN(CC2(F)CCN(C)CC2)CC1. The molecular formula is C18H35FN4. The fourth-order valence-corrected chi connectivity index (χ4v) is 4.35. The zero-order chi connectivity index (χ0) is 16.4. The van der Waals surface area contributed by atoms with Gasteiger partial charge >= 0.3 is 0 Å². The zero-order valence-electron chi connectivity index (χ0n) is 15.3. The van der Waals surface area contributed by atoms with Crippen LogP contribution in [0, 0.1) is 0 Å². The van der Waals surface area contributed by atoms with E-state index in [1.165, 1.54) is 19.4 Å². The van der Waals surface area contributed by atoms with Crippen LogP contribution < -0.4 is 0 Å². The van der Waals surface area contributed by atoms with Crippen molar-refractivity contribution in [2.24, 2.45) is 0 Å². The molecule has 0 radical (unpaired) electrons. The van der Waals surface area contributed by atoms with Gasteiger partial charge in [0, 0.05) is 57.9 Å². The number of nitrogens with zero attached hydrogens (tertiary/aromatic N) is 4. The summed E-state index contributed by atoms with van der Waals surface area (Å²) in [6.45, 7) is 10.4. The quantitative estimate of drug-likeness (QED) is 0.759. The molecule has 0 unspecified atom stereocenters. The molecular weight excluding hydrogens is 291 g/mol. The van der Waals surface area contributed by atoms with E-state index < -0.39 is 5.67 Å². The van der Waals surface area contributed by atoms with E-state index in [2.05, 4.69) is 40.6 Å². The lowest BCUT2D eigenvalue weighted by atomic mass is 9.92. The van der Waals surface area contributed by atoms with E-state index in [4.69, 9.17) is 0 Å². The van der Waals surface area contributed by atoms with Crippen LogP contribution in [0.4, 0.5) is 4.39 Å². The molecule has 3 saturated heterocycles. The van der Waals surface area contributed by atoms with E-state index in [1.807, 2.05) is 0 Å². The molecule has 0 aromatic rings. The van der Waals surface area contributed by atoms with Crippen LogP contribution in [0.2, 0.25) is 0 Å². The number of hydrogen-bond donors (Lipinski definition) is 0. The molecule has 0 aromatic heterocycles. The van der Waals surface area contributed by atoms with E-state index in [0.717, 1.165) is 45.3 Å². The van der Waals surface area contributed by atoms with Crippen LogP contribution >= 0.6 is 0 Å². The first-order valence-electron chi connectivity index (χ1n) is 9.49. The molecule has 0 amide bonds. The summed E-state index contributed by atoms with van der Waals surface area (Å²) in [5, 5.41) is 0. The van der Waals surface area contributed by atoms with Crippen LogP contribution in [0.1, 0.15) is 32.6 Å². The number of rotatable bonds is 5. The minimum absolute atomic E-state index is 0.647. The first-order valence-corrected chi connectivity index (χ1v) is 9.49. The van der Waals surface area contributed by atoms with Gasteiger partial charge in [-0.3, -0.25) is 9.80 Å². The van der Waals surface area contributed by atoms with Gasteiger partial charge in [-0.2, -0.15) is 0 Å². The molecule has 23 heavy (non-hydrogen) atoms. The van der Waals surface area contributed by atoms with Crippen LogP contribution in [0.15, 0.2) is 0 Å². The summed E-state index contributed by atoms with van der Waals surface area (Å²) in [6, 6.07) is 1.45. The second kappa shape index (κ2) is 7.34. The molecule has 4 nitrogen and oxygen atoms in total. The Labute approximate surface area is 141 Å². The van der Waals surface area contributed by atoms with Gasteiger partial charge in [0.2, 0.25) is 0 Å². The Balaban J connectivity index is 1.39. The third-order valence-corrected chi connectivity index (χ3v) is 6.47. The van der Waals surface area contributed by atoms with Crippen LogP contribution in [0.25, 0.3) is 0 Å². The Morgan fingerprint density at radius 1 is 1.00 bits per heavy atom. The highest BCUT2D eigenvalue weighted by molar-refractivity contribution is 4.91. The minimum Gasteiger partial charge on any atom is -0.306 e. The predicted molar refractivity (Wildman–Crippen MR) is 93.7 cm³/mol. The molecule has 3 aliphatic rings. The molecule has 3 heterocycles. The minimum atomic E-state index is -0.949. The van der Waals surface area contributed by atoms with Gasteiger partial charge in [-0.15, -0.1) is 0 Å². The van der Waals surface area contributed by atoms with E-state index in [1.54, 1.807) is 0 Å². The van der Waals surface area contributed by atoms with Crippen molar-refractivity contribution < 1.29 is 4.39 Å². The van der Waals surface area contributed by atoms with Crippen LogP contribution in [-0.4, -0.2) is 104 Å². The Bertz CT molecular complexity index is 375. The fourth-order valence-electron chi connectivity index (χ4n) is 4.35. The van der Waals surface area contributed by atoms with Crippen molar-refractivity contribution in [3.8, 4) is 0 Å². The first kappa shape index (κ1) is 17.6. The van der Waals surface area contributed by atoms with Crippen molar-refractivity contribution in [3.05, 3.63) is 0 Å². The molecule has 0 aromatic carbocycles. The Hall–Kier alpha value is -0.230. The Kier molecular flexibility index (Phi) is 5.61. The predicted octanol–water partition coefficient (Wildman–Crippen LogP) is 1.52. The van der Waals surface area contributed by atoms with Crippen LogP contribution in [0.3, 0.4) is 0 Å². The van der Waals surface area contributed by atoms with Crippen molar-refractivity contribution in [2.45, 2.75) is 50.4 Å². The fraction of sp³-hybridized carbons (Fsp3) is 1.00. The highest BCUT2D eigenvalue weighted by Gasteiger charge is 2.36. The molecule has 0 N–H and O–H groups in total. The summed E-state index contributed by atoms with van der Waals surface area (Å²) in [4.78, 5) is 9.70. The molecule has 2 atom stereocenters. The van der Waals surface area contributed by atoms with Crippen molar-refractivity contribution in [1.82, 2.24) is 19.6 Å². The van der Waals surface area contributed by atoms with Crippen molar-refractivity contribution in [3.63, 3.8) is 0 Å². The molecule has 5 heteroatoms. The average molecular weight is 327 g/mol. The van der Waals surface area contributed by atoms with E-state index in [9.17, 15) is 4.39 Å². The van der Waals surface area contributed by atoms with Gasteiger partial charge in [0.25, 0.3) is 0 Å². The van der Waals surface area contributed by atoms with E-state index >= 15 is 0 Å². The summed E-state index contributed by atoms with van der Waals surface area (Å²) in [6.07, 6.45) is 4.05. The maximum atomic E-state index is 15.0. The summed E-state index contributed by atoms with van der Waals surface area (Å²) >= 11 is 0. The average Bonchev–Trinajstić information content (AvgIpc) is 2.54. The molecule has 3 fully saturated rings. The summed E-state index contributed by atoms with van der Waals surface area (Å²) < 4.78 is 15.0. The maximum absolute atomic E-state index is 15.0. The Morgan fingerprint density at radius 3 is 2.17 bits per heavy atom. The molecule has 3 rings (SSSR count). The smallest absolute Gasteiger partial charge is 0.126 e. The molecule has 3 aliphatic heterocycles. The number of piperidine rings is 1. The normalized spacial score (nSPS) is 32.6. The van der Waals surface area contributed by atoms with Gasteiger partial charge in [-0.25, -0.2) is 4.39 Å². The van der Waals surface area contributed by atoms with Crippen molar-refractivity contribution in [2.75, 3.05) is 66.5 Å². The van der Waals surface area contributed by atoms with Gasteiger partial charge in [0.1, 0.15) is 5.67 Å². The topological polar surface area (TPSA) is 13.0 Å². The van der Waals surface area contributed by atoms with E-state index in [-0.39, 0.29) is 0 Å². The van der Waals surface area contributed by atoms with Gasteiger partial charge < -0.3 is 9.80 Å². The summed E-state index contributed by atoms with van der Waals surface area (Å²) in [5.41, 5.74) is -0.949. The highest BCUT2D eigenvalue weighted by atomic mass is 19.1. The van der Waals surface area contributed by atoms with Gasteiger partial charge in [0.15, 0.2) is 0 Å². The monoisotopic (exact) mass is 326 g/mol. The number of hydrogen-bond acceptors (Lipinski definition) is 4. The summed E-state index contributed by atoms with van der Waals surface area (Å²) in [5.74, 6) is 0. The molecule has 0 bridgehead atoms. The largest absolute Gasteiger partial charge is 0.306 e. The third-order valence-electron chi connectivity index (χ3n) is 6.47. The number of alkyl halides is 1. The Morgan fingerprint density at radius 2 is 1.65 bits per heavy atom. The van der Waals surface area contributed by atoms with Crippen LogP contribution in [-0.2, 0) is 0 Å². The van der Waals surface area contributed by atoms with Gasteiger partial charge in [0.05, 0.1) is 0 Å². The van der Waals surface area contributed by atoms with Crippen molar-refractivity contribution in [1.29, 1.82) is 0 Å². The lowest BCUT2D eigenvalue weighted by Crippen LogP contribution is -2.56. The standard InChI is InChI=1S/C18H35FN4/c1-16(14-17-4-7-21(17)3)23-12-10-22(11-13-23)15-18(19)5-8-20(2)9-6-18/h16-17H,4-15H2,1-3H3/t16-,17+/m1/s1. The molecule has 0 saturated carbocycles. The van der Waals surface area contributed by atoms with Gasteiger partial charge in [-0.05, 0) is 53.2 Å². The first-order chi connectivity index (χ1) is 11.0. The van der Waals surface area contributed by atoms with Crippen LogP contribution in [0.5, 0.6) is 0 Å². The highest BCUT2D eigenvalue weighted by Crippen LogP contribution is 2.28. The molecule has 0 spiro atoms. The van der Waals surface area contributed by atoms with Gasteiger partial charge in [-0.1, -0.05) is 0 Å². The lowest BCUT2D eigenvalue weighted by Gasteiger charge is -2.45. The van der Waals surface area contributed by atoms with Crippen molar-refractivity contribution >= 4 is 0 Å². The maximum Gasteiger partial charge on any atom is 0.126 e. The molecule has 134 valence electrons. The number of likely N-dealkylation sites (tertiary alicyclic amines) is 2. The lowest BCUT2D eigenvalue weighted by molar-refractivity contribution is 0.00468. The van der Waals surface area contributed by atoms with E-state index in [0.29, 0.717) is 25.4 Å². The zero-order valence-corrected chi connectivity index (χ0v) is 15.3. The summed E-state index contributed by atoms with van der Waals surface area (Å²) in [7, 11) is 4.33. The molecule has 0 aliphatic carbocycles. The second-order valence-corrected chi connectivity index (χ2v) is 8.27.